The lowest BCUT2D eigenvalue weighted by Crippen LogP contribution is -2.41. The maximum atomic E-state index is 13.1. The van der Waals surface area contributed by atoms with Crippen molar-refractivity contribution in [3.8, 4) is 11.4 Å². The molecule has 11 heteroatoms. The fourth-order valence-corrected chi connectivity index (χ4v) is 6.19. The zero-order valence-corrected chi connectivity index (χ0v) is 18.9. The van der Waals surface area contributed by atoms with E-state index >= 15 is 0 Å². The summed E-state index contributed by atoms with van der Waals surface area (Å²) in [5.41, 5.74) is 1.44. The van der Waals surface area contributed by atoms with Gasteiger partial charge in [-0.2, -0.15) is 9.29 Å². The Morgan fingerprint density at radius 3 is 2.74 bits per heavy atom. The van der Waals surface area contributed by atoms with Gasteiger partial charge in [0.1, 0.15) is 10.0 Å². The first-order valence-electron chi connectivity index (χ1n) is 10.0. The van der Waals surface area contributed by atoms with E-state index in [0.717, 1.165) is 17.0 Å². The predicted molar refractivity (Wildman–Crippen MR) is 116 cm³/mol. The number of hydrogen-bond acceptors (Lipinski definition) is 8. The van der Waals surface area contributed by atoms with Gasteiger partial charge < -0.3 is 9.84 Å². The Labute approximate surface area is 184 Å². The van der Waals surface area contributed by atoms with E-state index < -0.39 is 10.0 Å². The molecule has 0 spiro atoms. The van der Waals surface area contributed by atoms with Gasteiger partial charge in [-0.25, -0.2) is 13.4 Å². The van der Waals surface area contributed by atoms with Gasteiger partial charge in [-0.05, 0) is 38.0 Å². The Balaban J connectivity index is 1.39. The molecule has 9 nitrogen and oxygen atoms in total. The van der Waals surface area contributed by atoms with Crippen molar-refractivity contribution in [1.82, 2.24) is 19.4 Å². The molecule has 164 valence electrons. The summed E-state index contributed by atoms with van der Waals surface area (Å²) >= 11 is 1.13. The number of carbonyl (C=O) groups excluding carboxylic acids is 1. The van der Waals surface area contributed by atoms with Crippen LogP contribution in [0.15, 0.2) is 38.4 Å². The highest BCUT2D eigenvalue weighted by Gasteiger charge is 2.33. The van der Waals surface area contributed by atoms with E-state index in [1.54, 1.807) is 17.5 Å². The summed E-state index contributed by atoms with van der Waals surface area (Å²) in [4.78, 5) is 21.1. The molecule has 0 aromatic carbocycles. The molecule has 3 aromatic heterocycles. The van der Waals surface area contributed by atoms with Crippen molar-refractivity contribution in [3.63, 3.8) is 0 Å². The van der Waals surface area contributed by atoms with Crippen LogP contribution in [0, 0.1) is 12.8 Å². The highest BCUT2D eigenvalue weighted by molar-refractivity contribution is 7.91. The third-order valence-electron chi connectivity index (χ3n) is 5.16. The summed E-state index contributed by atoms with van der Waals surface area (Å²) in [5.74, 6) is 1.03. The van der Waals surface area contributed by atoms with Crippen molar-refractivity contribution >= 4 is 33.1 Å². The van der Waals surface area contributed by atoms with Gasteiger partial charge in [-0.3, -0.25) is 4.79 Å². The van der Waals surface area contributed by atoms with Crippen molar-refractivity contribution in [2.45, 2.75) is 37.3 Å². The number of aromatic nitrogens is 3. The minimum atomic E-state index is -3.64. The Morgan fingerprint density at radius 1 is 1.29 bits per heavy atom. The number of pyridine rings is 1. The average molecular weight is 462 g/mol. The summed E-state index contributed by atoms with van der Waals surface area (Å²) in [6, 6.07) is 7.01. The van der Waals surface area contributed by atoms with Gasteiger partial charge in [0.15, 0.2) is 0 Å². The molecule has 31 heavy (non-hydrogen) atoms. The minimum absolute atomic E-state index is 0.127. The number of aryl methyl sites for hydroxylation is 2. The van der Waals surface area contributed by atoms with E-state index in [4.69, 9.17) is 4.52 Å². The van der Waals surface area contributed by atoms with E-state index in [9.17, 15) is 13.2 Å². The van der Waals surface area contributed by atoms with Crippen LogP contribution < -0.4 is 5.32 Å². The number of hydrogen-bond donors (Lipinski definition) is 1. The molecule has 0 atom stereocenters. The third kappa shape index (κ3) is 4.68. The first-order valence-corrected chi connectivity index (χ1v) is 12.3. The molecular weight excluding hydrogens is 438 g/mol. The van der Waals surface area contributed by atoms with Gasteiger partial charge in [-0.15, -0.1) is 11.3 Å². The molecule has 4 rings (SSSR count). The molecule has 0 aliphatic carbocycles. The Hall–Kier alpha value is -2.63. The summed E-state index contributed by atoms with van der Waals surface area (Å²) in [5, 5.41) is 8.44. The third-order valence-corrected chi connectivity index (χ3v) is 8.48. The molecule has 0 saturated carbocycles. The maximum absolute atomic E-state index is 13.1. The highest BCUT2D eigenvalue weighted by atomic mass is 32.2. The van der Waals surface area contributed by atoms with Crippen molar-refractivity contribution in [2.24, 2.45) is 5.92 Å². The predicted octanol–water partition coefficient (Wildman–Crippen LogP) is 3.10. The van der Waals surface area contributed by atoms with E-state index in [2.05, 4.69) is 20.4 Å². The van der Waals surface area contributed by atoms with E-state index in [0.29, 0.717) is 42.4 Å². The average Bonchev–Trinajstić information content (AvgIpc) is 3.43. The van der Waals surface area contributed by atoms with Crippen LogP contribution in [0.4, 0.5) is 5.82 Å². The molecule has 4 heterocycles. The number of thiophene rings is 1. The molecule has 0 unspecified atom stereocenters. The van der Waals surface area contributed by atoms with Crippen molar-refractivity contribution in [1.29, 1.82) is 0 Å². The quantitative estimate of drug-likeness (QED) is 0.599. The van der Waals surface area contributed by atoms with Crippen molar-refractivity contribution < 1.29 is 17.7 Å². The second-order valence-corrected chi connectivity index (χ2v) is 10.4. The number of anilines is 1. The zero-order valence-electron chi connectivity index (χ0n) is 17.2. The molecule has 1 amide bonds. The molecule has 0 bridgehead atoms. The summed E-state index contributed by atoms with van der Waals surface area (Å²) in [6.07, 6.45) is 1.53. The minimum Gasteiger partial charge on any atom is -0.339 e. The molecule has 3 aromatic rings. The van der Waals surface area contributed by atoms with Crippen LogP contribution in [0.3, 0.4) is 0 Å². The van der Waals surface area contributed by atoms with Crippen LogP contribution in [-0.4, -0.2) is 46.8 Å². The normalized spacial score (nSPS) is 15.8. The highest BCUT2D eigenvalue weighted by Crippen LogP contribution is 2.31. The number of carbonyl (C=O) groups is 1. The van der Waals surface area contributed by atoms with Crippen LogP contribution in [0.1, 0.15) is 31.4 Å². The van der Waals surface area contributed by atoms with E-state index in [-0.39, 0.29) is 29.1 Å². The number of sulfonamides is 1. The van der Waals surface area contributed by atoms with E-state index in [1.165, 1.54) is 4.31 Å². The van der Waals surface area contributed by atoms with Crippen LogP contribution in [0.5, 0.6) is 0 Å². The standard InChI is InChI=1S/C20H23N5O4S2/c1-3-17-23-19(24-29-17)15-11-18(30-12-15)31(27,28)25-9-7-14(8-10-25)20(26)22-16-6-4-5-13(2)21-16/h4-6,11-12,14H,3,7-10H2,1-2H3,(H,21,22,26). The number of piperidine rings is 1. The maximum Gasteiger partial charge on any atom is 0.252 e. The van der Waals surface area contributed by atoms with Gasteiger partial charge in [0.2, 0.25) is 17.6 Å². The molecule has 1 N–H and O–H groups in total. The fourth-order valence-electron chi connectivity index (χ4n) is 3.41. The van der Waals surface area contributed by atoms with Gasteiger partial charge >= 0.3 is 0 Å². The smallest absolute Gasteiger partial charge is 0.252 e. The second kappa shape index (κ2) is 8.85. The Kier molecular flexibility index (Phi) is 6.17. The SMILES string of the molecule is CCc1nc(-c2csc(S(=O)(=O)N3CCC(C(=O)Nc4cccc(C)n4)CC3)c2)no1. The summed E-state index contributed by atoms with van der Waals surface area (Å²) < 4.78 is 32.9. The van der Waals surface area contributed by atoms with Crippen molar-refractivity contribution in [3.05, 3.63) is 41.2 Å². The number of nitrogens with zero attached hydrogens (tertiary/aromatic N) is 4. The number of nitrogens with one attached hydrogen (secondary N) is 1. The van der Waals surface area contributed by atoms with Gasteiger partial charge in [-0.1, -0.05) is 18.1 Å². The van der Waals surface area contributed by atoms with Gasteiger partial charge in [0, 0.05) is 42.1 Å². The monoisotopic (exact) mass is 461 g/mol. The molecule has 1 saturated heterocycles. The molecular formula is C20H23N5O4S2. The Bertz CT molecular complexity index is 1180. The van der Waals surface area contributed by atoms with Crippen LogP contribution in [0.25, 0.3) is 11.4 Å². The fraction of sp³-hybridized carbons (Fsp3) is 0.400. The molecule has 1 aliphatic rings. The number of amides is 1. The summed E-state index contributed by atoms with van der Waals surface area (Å²) in [7, 11) is -3.64. The number of rotatable bonds is 6. The van der Waals surface area contributed by atoms with Crippen LogP contribution in [-0.2, 0) is 21.2 Å². The zero-order chi connectivity index (χ0) is 22.0. The Morgan fingerprint density at radius 2 is 2.06 bits per heavy atom. The largest absolute Gasteiger partial charge is 0.339 e. The molecule has 1 aliphatic heterocycles. The van der Waals surface area contributed by atoms with Crippen LogP contribution in [0.2, 0.25) is 0 Å². The summed E-state index contributed by atoms with van der Waals surface area (Å²) in [6.45, 7) is 4.34. The van der Waals surface area contributed by atoms with E-state index in [1.807, 2.05) is 26.0 Å². The lowest BCUT2D eigenvalue weighted by Gasteiger charge is -2.30. The van der Waals surface area contributed by atoms with Crippen LogP contribution >= 0.6 is 11.3 Å². The lowest BCUT2D eigenvalue weighted by molar-refractivity contribution is -0.120. The first-order chi connectivity index (χ1) is 14.9. The molecule has 0 radical (unpaired) electrons. The molecule has 1 fully saturated rings. The first kappa shape index (κ1) is 21.6. The lowest BCUT2D eigenvalue weighted by atomic mass is 9.97. The topological polar surface area (TPSA) is 118 Å². The van der Waals surface area contributed by atoms with Crippen molar-refractivity contribution in [2.75, 3.05) is 18.4 Å². The van der Waals surface area contributed by atoms with Gasteiger partial charge in [0.25, 0.3) is 10.0 Å². The van der Waals surface area contributed by atoms with Gasteiger partial charge in [0.05, 0.1) is 0 Å². The second-order valence-electron chi connectivity index (χ2n) is 7.35.